The minimum atomic E-state index is -4.70. The van der Waals surface area contributed by atoms with Crippen LogP contribution in [0.25, 0.3) is 43.7 Å². The lowest BCUT2D eigenvalue weighted by molar-refractivity contribution is -0.137. The fraction of sp³-hybridized carbons (Fsp3) is 0.185. The van der Waals surface area contributed by atoms with Crippen molar-refractivity contribution < 1.29 is 13.2 Å². The molecule has 1 aliphatic heterocycles. The summed E-state index contributed by atoms with van der Waals surface area (Å²) < 4.78 is 43.9. The largest absolute Gasteiger partial charge is 0.418 e. The molecule has 5 aromatic rings. The zero-order valence-electron chi connectivity index (χ0n) is 20.7. The number of H-pyrrole nitrogens is 1. The zero-order chi connectivity index (χ0) is 28.0. The molecule has 0 unspecified atom stereocenters. The number of anilines is 1. The lowest BCUT2D eigenvalue weighted by Crippen LogP contribution is -2.44. The second-order valence-corrected chi connectivity index (χ2v) is 9.13. The molecule has 40 heavy (non-hydrogen) atoms. The third-order valence-electron chi connectivity index (χ3n) is 6.74. The van der Waals surface area contributed by atoms with Crippen molar-refractivity contribution in [2.24, 2.45) is 0 Å². The van der Waals surface area contributed by atoms with Crippen molar-refractivity contribution >= 4 is 33.4 Å². The minimum absolute atomic E-state index is 0.0156. The van der Waals surface area contributed by atoms with Crippen LogP contribution >= 0.6 is 0 Å². The van der Waals surface area contributed by atoms with Gasteiger partial charge in [-0.25, -0.2) is 9.78 Å². The van der Waals surface area contributed by atoms with Crippen molar-refractivity contribution in [2.45, 2.75) is 6.18 Å². The first kappa shape index (κ1) is 25.2. The topological polar surface area (TPSA) is 113 Å². The molecule has 1 saturated heterocycles. The number of nitrogens with one attached hydrogen (secondary N) is 2. The number of piperazine rings is 1. The van der Waals surface area contributed by atoms with Gasteiger partial charge in [0, 0.05) is 43.6 Å². The minimum Gasteiger partial charge on any atom is -0.368 e. The molecule has 0 aliphatic carbocycles. The summed E-state index contributed by atoms with van der Waals surface area (Å²) in [6.45, 7) is 8.98. The van der Waals surface area contributed by atoms with Gasteiger partial charge in [0.25, 0.3) is 11.4 Å². The number of aromatic nitrogens is 5. The van der Waals surface area contributed by atoms with Gasteiger partial charge in [0.05, 0.1) is 33.4 Å². The SMILES string of the molecule is [C-]#[N+]c1ccc(-c2ccc3ncc4c(=O)[nH]c(=O)n(-c5ccc(N6CCNCC6)c(C(F)(F)F)c5)c4c3n2)cn1. The number of benzene rings is 1. The number of hydrogen-bond acceptors (Lipinski definition) is 7. The molecule has 1 aliphatic rings. The van der Waals surface area contributed by atoms with Crippen LogP contribution in [0.2, 0.25) is 0 Å². The maximum Gasteiger partial charge on any atom is 0.418 e. The standard InChI is InChI=1S/C27H19F3N8O2/c1-31-22-7-2-15(13-34-22)19-4-5-20-23(35-19)24-17(14-33-20)25(39)36-26(40)38(24)16-3-6-21(18(12-16)27(28,29)30)37-10-8-32-9-11-37/h2-7,12-14,32H,8-11H2,(H,36,39,40). The van der Waals surface area contributed by atoms with Crippen LogP contribution in [-0.2, 0) is 6.18 Å². The second kappa shape index (κ2) is 9.58. The summed E-state index contributed by atoms with van der Waals surface area (Å²) in [4.78, 5) is 46.0. The van der Waals surface area contributed by atoms with Crippen LogP contribution < -0.4 is 21.5 Å². The first-order valence-electron chi connectivity index (χ1n) is 12.2. The monoisotopic (exact) mass is 544 g/mol. The highest BCUT2D eigenvalue weighted by Crippen LogP contribution is 2.38. The molecule has 4 aromatic heterocycles. The van der Waals surface area contributed by atoms with Crippen LogP contribution in [0.1, 0.15) is 5.56 Å². The van der Waals surface area contributed by atoms with Crippen molar-refractivity contribution in [2.75, 3.05) is 31.1 Å². The van der Waals surface area contributed by atoms with E-state index in [2.05, 4.69) is 30.1 Å². The molecule has 0 spiro atoms. The van der Waals surface area contributed by atoms with Crippen LogP contribution in [0.4, 0.5) is 24.7 Å². The maximum atomic E-state index is 14.3. The highest BCUT2D eigenvalue weighted by Gasteiger charge is 2.36. The Kier molecular flexibility index (Phi) is 6.04. The van der Waals surface area contributed by atoms with E-state index in [1.807, 2.05) is 0 Å². The highest BCUT2D eigenvalue weighted by atomic mass is 19.4. The van der Waals surface area contributed by atoms with Gasteiger partial charge in [-0.05, 0) is 36.4 Å². The van der Waals surface area contributed by atoms with E-state index in [-0.39, 0.29) is 33.6 Å². The smallest absolute Gasteiger partial charge is 0.368 e. The third kappa shape index (κ3) is 4.34. The summed E-state index contributed by atoms with van der Waals surface area (Å²) in [5, 5.41) is 3.10. The van der Waals surface area contributed by atoms with E-state index in [9.17, 15) is 22.8 Å². The number of rotatable bonds is 3. The van der Waals surface area contributed by atoms with Crippen LogP contribution in [0.5, 0.6) is 0 Å². The highest BCUT2D eigenvalue weighted by molar-refractivity contribution is 6.01. The molecule has 0 radical (unpaired) electrons. The van der Waals surface area contributed by atoms with Crippen molar-refractivity contribution in [1.29, 1.82) is 0 Å². The number of hydrogen-bond donors (Lipinski definition) is 2. The number of alkyl halides is 3. The van der Waals surface area contributed by atoms with Gasteiger partial charge < -0.3 is 15.1 Å². The molecule has 0 amide bonds. The molecular weight excluding hydrogens is 525 g/mol. The summed E-state index contributed by atoms with van der Waals surface area (Å²) in [5.74, 6) is 0.196. The van der Waals surface area contributed by atoms with E-state index in [0.29, 0.717) is 43.0 Å². The zero-order valence-corrected chi connectivity index (χ0v) is 20.7. The Labute approximate surface area is 223 Å². The van der Waals surface area contributed by atoms with Crippen molar-refractivity contribution in [3.63, 3.8) is 0 Å². The number of halogens is 3. The number of fused-ring (bicyclic) bond motifs is 3. The molecule has 1 fully saturated rings. The predicted octanol–water partition coefficient (Wildman–Crippen LogP) is 3.66. The Bertz CT molecular complexity index is 1940. The molecule has 5 heterocycles. The summed E-state index contributed by atoms with van der Waals surface area (Å²) in [7, 11) is 0. The Hall–Kier alpha value is -5.09. The summed E-state index contributed by atoms with van der Waals surface area (Å²) in [6, 6.07) is 10.2. The molecule has 200 valence electrons. The first-order chi connectivity index (χ1) is 19.2. The summed E-state index contributed by atoms with van der Waals surface area (Å²) >= 11 is 0. The van der Waals surface area contributed by atoms with E-state index in [1.165, 1.54) is 30.6 Å². The normalized spacial score (nSPS) is 14.0. The molecule has 0 bridgehead atoms. The predicted molar refractivity (Wildman–Crippen MR) is 143 cm³/mol. The van der Waals surface area contributed by atoms with Gasteiger partial charge in [-0.15, -0.1) is 4.98 Å². The summed E-state index contributed by atoms with van der Waals surface area (Å²) in [5.41, 5.74) is -1.15. The van der Waals surface area contributed by atoms with E-state index in [1.54, 1.807) is 23.1 Å². The van der Waals surface area contributed by atoms with Crippen molar-refractivity contribution in [1.82, 2.24) is 29.8 Å². The second-order valence-electron chi connectivity index (χ2n) is 9.13. The lowest BCUT2D eigenvalue weighted by atomic mass is 10.1. The quantitative estimate of drug-likeness (QED) is 0.263. The van der Waals surface area contributed by atoms with Crippen molar-refractivity contribution in [3.8, 4) is 16.9 Å². The number of pyridine rings is 3. The molecule has 10 nitrogen and oxygen atoms in total. The molecule has 6 rings (SSSR count). The number of nitrogens with zero attached hydrogens (tertiary/aromatic N) is 6. The average Bonchev–Trinajstić information content (AvgIpc) is 2.96. The Morgan fingerprint density at radius 1 is 0.975 bits per heavy atom. The van der Waals surface area contributed by atoms with E-state index >= 15 is 0 Å². The van der Waals surface area contributed by atoms with Crippen LogP contribution in [0, 0.1) is 6.57 Å². The molecule has 1 aromatic carbocycles. The van der Waals surface area contributed by atoms with Gasteiger partial charge in [0.1, 0.15) is 11.7 Å². The van der Waals surface area contributed by atoms with Gasteiger partial charge in [0.15, 0.2) is 0 Å². The molecule has 13 heteroatoms. The van der Waals surface area contributed by atoms with Gasteiger partial charge in [-0.3, -0.25) is 19.3 Å². The third-order valence-corrected chi connectivity index (χ3v) is 6.74. The summed E-state index contributed by atoms with van der Waals surface area (Å²) in [6.07, 6.45) is -1.97. The lowest BCUT2D eigenvalue weighted by Gasteiger charge is -2.31. The van der Waals surface area contributed by atoms with E-state index in [4.69, 9.17) is 6.57 Å². The van der Waals surface area contributed by atoms with Crippen LogP contribution in [0.3, 0.4) is 0 Å². The average molecular weight is 544 g/mol. The maximum absolute atomic E-state index is 14.3. The Balaban J connectivity index is 1.62. The number of aromatic amines is 1. The Morgan fingerprint density at radius 3 is 2.48 bits per heavy atom. The fourth-order valence-electron chi connectivity index (χ4n) is 4.85. The van der Waals surface area contributed by atoms with Crippen LogP contribution in [-0.4, -0.2) is 50.7 Å². The molecule has 0 saturated carbocycles. The fourth-order valence-corrected chi connectivity index (χ4v) is 4.85. The van der Waals surface area contributed by atoms with E-state index in [0.717, 1.165) is 10.6 Å². The van der Waals surface area contributed by atoms with Crippen LogP contribution in [0.15, 0.2) is 64.4 Å². The van der Waals surface area contributed by atoms with Gasteiger partial charge >= 0.3 is 11.9 Å². The van der Waals surface area contributed by atoms with Gasteiger partial charge in [0.2, 0.25) is 0 Å². The molecular formula is C27H19F3N8O2. The molecule has 0 atom stereocenters. The van der Waals surface area contributed by atoms with Crippen molar-refractivity contribution in [3.05, 3.63) is 92.7 Å². The van der Waals surface area contributed by atoms with E-state index < -0.39 is 23.0 Å². The molecule has 2 N–H and O–H groups in total. The Morgan fingerprint density at radius 2 is 1.77 bits per heavy atom. The van der Waals surface area contributed by atoms with Gasteiger partial charge in [-0.1, -0.05) is 12.6 Å². The first-order valence-corrected chi connectivity index (χ1v) is 12.2. The van der Waals surface area contributed by atoms with Gasteiger partial charge in [-0.2, -0.15) is 13.2 Å².